The van der Waals surface area contributed by atoms with Crippen LogP contribution in [0.2, 0.25) is 0 Å². The maximum absolute atomic E-state index is 11.2. The van der Waals surface area contributed by atoms with E-state index < -0.39 is 11.4 Å². The second kappa shape index (κ2) is 4.06. The third-order valence-electron chi connectivity index (χ3n) is 3.73. The van der Waals surface area contributed by atoms with Crippen LogP contribution in [0, 0.1) is 19.3 Å². The third-order valence-corrected chi connectivity index (χ3v) is 3.73. The highest BCUT2D eigenvalue weighted by Crippen LogP contribution is 2.49. The summed E-state index contributed by atoms with van der Waals surface area (Å²) >= 11 is 0. The molecule has 1 aliphatic carbocycles. The van der Waals surface area contributed by atoms with E-state index in [2.05, 4.69) is 6.07 Å². The molecule has 1 N–H and O–H groups in total. The van der Waals surface area contributed by atoms with E-state index in [1.807, 2.05) is 19.9 Å². The fourth-order valence-corrected chi connectivity index (χ4v) is 2.16. The number of methoxy groups -OCH3 is 1. The second-order valence-corrected chi connectivity index (χ2v) is 5.01. The molecule has 0 heterocycles. The van der Waals surface area contributed by atoms with Crippen LogP contribution in [0.15, 0.2) is 12.1 Å². The van der Waals surface area contributed by atoms with Crippen molar-refractivity contribution in [2.75, 3.05) is 7.11 Å². The van der Waals surface area contributed by atoms with E-state index in [1.54, 1.807) is 7.11 Å². The molecule has 2 rings (SSSR count). The van der Waals surface area contributed by atoms with Crippen LogP contribution in [-0.2, 0) is 11.2 Å². The van der Waals surface area contributed by atoms with Gasteiger partial charge in [0.2, 0.25) is 0 Å². The number of aryl methyl sites for hydroxylation is 2. The molecule has 1 fully saturated rings. The summed E-state index contributed by atoms with van der Waals surface area (Å²) in [5.41, 5.74) is 2.83. The Balaban J connectivity index is 2.32. The molecule has 0 aliphatic heterocycles. The summed E-state index contributed by atoms with van der Waals surface area (Å²) in [6, 6.07) is 4.04. The molecule has 0 saturated heterocycles. The Morgan fingerprint density at radius 2 is 1.94 bits per heavy atom. The lowest BCUT2D eigenvalue weighted by molar-refractivity contribution is -0.143. The van der Waals surface area contributed by atoms with Gasteiger partial charge in [-0.1, -0.05) is 6.07 Å². The maximum atomic E-state index is 11.2. The topological polar surface area (TPSA) is 46.5 Å². The number of carboxylic acid groups (broad SMARTS) is 1. The molecule has 0 unspecified atom stereocenters. The summed E-state index contributed by atoms with van der Waals surface area (Å²) in [5, 5.41) is 9.21. The van der Waals surface area contributed by atoms with Gasteiger partial charge < -0.3 is 9.84 Å². The van der Waals surface area contributed by atoms with E-state index in [1.165, 1.54) is 11.1 Å². The van der Waals surface area contributed by atoms with Crippen molar-refractivity contribution in [2.24, 2.45) is 5.41 Å². The highest BCUT2D eigenvalue weighted by molar-refractivity contribution is 5.78. The highest BCUT2D eigenvalue weighted by atomic mass is 16.5. The van der Waals surface area contributed by atoms with Crippen LogP contribution >= 0.6 is 0 Å². The number of carboxylic acids is 1. The maximum Gasteiger partial charge on any atom is 0.309 e. The molecule has 0 atom stereocenters. The minimum absolute atomic E-state index is 0.533. The van der Waals surface area contributed by atoms with Crippen molar-refractivity contribution in [3.05, 3.63) is 28.8 Å². The van der Waals surface area contributed by atoms with Crippen LogP contribution < -0.4 is 4.74 Å². The largest absolute Gasteiger partial charge is 0.496 e. The average Bonchev–Trinajstić information content (AvgIpc) is 3.04. The molecular weight excluding hydrogens is 216 g/mol. The number of carbonyl (C=O) groups is 1. The molecule has 17 heavy (non-hydrogen) atoms. The average molecular weight is 234 g/mol. The van der Waals surface area contributed by atoms with Crippen LogP contribution in [0.1, 0.15) is 29.5 Å². The Bertz CT molecular complexity index is 459. The normalized spacial score (nSPS) is 16.6. The van der Waals surface area contributed by atoms with E-state index in [-0.39, 0.29) is 0 Å². The van der Waals surface area contributed by atoms with Crippen LogP contribution in [0.3, 0.4) is 0 Å². The van der Waals surface area contributed by atoms with Crippen molar-refractivity contribution in [3.8, 4) is 5.75 Å². The summed E-state index contributed by atoms with van der Waals surface area (Å²) in [6.45, 7) is 4.07. The fraction of sp³-hybridized carbons (Fsp3) is 0.500. The van der Waals surface area contributed by atoms with E-state index in [0.29, 0.717) is 6.42 Å². The van der Waals surface area contributed by atoms with Crippen molar-refractivity contribution in [1.82, 2.24) is 0 Å². The summed E-state index contributed by atoms with van der Waals surface area (Å²) in [6.07, 6.45) is 2.13. The third kappa shape index (κ3) is 2.14. The highest BCUT2D eigenvalue weighted by Gasteiger charge is 2.50. The SMILES string of the molecule is COc1cc(C)c(C)cc1CC1(C(=O)O)CC1. The molecular formula is C14H18O3. The van der Waals surface area contributed by atoms with E-state index >= 15 is 0 Å². The van der Waals surface area contributed by atoms with Crippen LogP contribution in [-0.4, -0.2) is 18.2 Å². The van der Waals surface area contributed by atoms with Gasteiger partial charge in [0, 0.05) is 0 Å². The van der Waals surface area contributed by atoms with Gasteiger partial charge in [-0.25, -0.2) is 0 Å². The number of hydrogen-bond donors (Lipinski definition) is 1. The monoisotopic (exact) mass is 234 g/mol. The van der Waals surface area contributed by atoms with E-state index in [0.717, 1.165) is 24.2 Å². The molecule has 0 bridgehead atoms. The summed E-state index contributed by atoms with van der Waals surface area (Å²) in [7, 11) is 1.63. The first-order chi connectivity index (χ1) is 7.98. The van der Waals surface area contributed by atoms with Crippen molar-refractivity contribution >= 4 is 5.97 Å². The minimum Gasteiger partial charge on any atom is -0.496 e. The molecule has 0 radical (unpaired) electrons. The Kier molecular flexibility index (Phi) is 2.86. The Hall–Kier alpha value is -1.51. The zero-order valence-electron chi connectivity index (χ0n) is 10.5. The molecule has 0 aromatic heterocycles. The van der Waals surface area contributed by atoms with Gasteiger partial charge in [0.1, 0.15) is 5.75 Å². The van der Waals surface area contributed by atoms with Gasteiger partial charge in [0.05, 0.1) is 12.5 Å². The predicted octanol–water partition coefficient (Wildman–Crippen LogP) is 2.72. The lowest BCUT2D eigenvalue weighted by Crippen LogP contribution is -2.18. The minimum atomic E-state index is -0.683. The predicted molar refractivity (Wildman–Crippen MR) is 65.5 cm³/mol. The van der Waals surface area contributed by atoms with Crippen LogP contribution in [0.25, 0.3) is 0 Å². The lowest BCUT2D eigenvalue weighted by atomic mass is 9.93. The van der Waals surface area contributed by atoms with Gasteiger partial charge in [-0.3, -0.25) is 4.79 Å². The van der Waals surface area contributed by atoms with Crippen molar-refractivity contribution in [1.29, 1.82) is 0 Å². The summed E-state index contributed by atoms with van der Waals surface area (Å²) in [4.78, 5) is 11.2. The van der Waals surface area contributed by atoms with Crippen molar-refractivity contribution < 1.29 is 14.6 Å². The first-order valence-corrected chi connectivity index (χ1v) is 5.86. The first-order valence-electron chi connectivity index (χ1n) is 5.86. The first kappa shape index (κ1) is 12.0. The summed E-state index contributed by atoms with van der Waals surface area (Å²) < 4.78 is 5.34. The van der Waals surface area contributed by atoms with E-state index in [4.69, 9.17) is 4.74 Å². The zero-order chi connectivity index (χ0) is 12.6. The molecule has 1 aromatic rings. The Labute approximate surface area is 101 Å². The Morgan fingerprint density at radius 3 is 2.41 bits per heavy atom. The number of rotatable bonds is 4. The van der Waals surface area contributed by atoms with Crippen molar-refractivity contribution in [3.63, 3.8) is 0 Å². The fourth-order valence-electron chi connectivity index (χ4n) is 2.16. The number of aliphatic carboxylic acids is 1. The molecule has 3 heteroatoms. The molecule has 1 aliphatic rings. The van der Waals surface area contributed by atoms with Gasteiger partial charge >= 0.3 is 5.97 Å². The molecule has 1 saturated carbocycles. The zero-order valence-corrected chi connectivity index (χ0v) is 10.5. The summed E-state index contributed by atoms with van der Waals surface area (Å²) in [5.74, 6) is 0.124. The number of ether oxygens (including phenoxy) is 1. The van der Waals surface area contributed by atoms with Gasteiger partial charge in [0.25, 0.3) is 0 Å². The van der Waals surface area contributed by atoms with Crippen molar-refractivity contribution in [2.45, 2.75) is 33.1 Å². The van der Waals surface area contributed by atoms with Crippen LogP contribution in [0.5, 0.6) is 5.75 Å². The van der Waals surface area contributed by atoms with Gasteiger partial charge in [0.15, 0.2) is 0 Å². The standard InChI is InChI=1S/C14H18O3/c1-9-6-11(12(17-3)7-10(9)2)8-14(4-5-14)13(15)16/h6-7H,4-5,8H2,1-3H3,(H,15,16). The second-order valence-electron chi connectivity index (χ2n) is 5.01. The Morgan fingerprint density at radius 1 is 1.35 bits per heavy atom. The molecule has 1 aromatic carbocycles. The number of benzene rings is 1. The lowest BCUT2D eigenvalue weighted by Gasteiger charge is -2.15. The van der Waals surface area contributed by atoms with Gasteiger partial charge in [-0.15, -0.1) is 0 Å². The molecule has 3 nitrogen and oxygen atoms in total. The quantitative estimate of drug-likeness (QED) is 0.871. The molecule has 0 amide bonds. The molecule has 0 spiro atoms. The van der Waals surface area contributed by atoms with E-state index in [9.17, 15) is 9.90 Å². The smallest absolute Gasteiger partial charge is 0.309 e. The van der Waals surface area contributed by atoms with Gasteiger partial charge in [-0.05, 0) is 55.9 Å². The number of hydrogen-bond acceptors (Lipinski definition) is 2. The van der Waals surface area contributed by atoms with Gasteiger partial charge in [-0.2, -0.15) is 0 Å². The van der Waals surface area contributed by atoms with Crippen LogP contribution in [0.4, 0.5) is 0 Å². The molecule has 92 valence electrons.